The average Bonchev–Trinajstić information content (AvgIpc) is 2.74. The molecular weight excluding hydrogens is 392 g/mol. The first kappa shape index (κ1) is 31.0. The number of hydrogen-bond donors (Lipinski definition) is 1. The number of aryl methyl sites for hydroxylation is 1. The van der Waals surface area contributed by atoms with E-state index in [-0.39, 0.29) is 12.4 Å². The molecule has 0 bridgehead atoms. The van der Waals surface area contributed by atoms with Crippen LogP contribution in [0.25, 0.3) is 0 Å². The molecule has 0 aliphatic carbocycles. The van der Waals surface area contributed by atoms with Crippen molar-refractivity contribution in [3.05, 3.63) is 29.8 Å². The van der Waals surface area contributed by atoms with Gasteiger partial charge >= 0.3 is 0 Å². The fourth-order valence-electron chi connectivity index (χ4n) is 3.67. The third kappa shape index (κ3) is 18.8. The summed E-state index contributed by atoms with van der Waals surface area (Å²) in [6, 6.07) is 8.84. The quantitative estimate of drug-likeness (QED) is 0.200. The van der Waals surface area contributed by atoms with Crippen molar-refractivity contribution in [2.75, 3.05) is 26.0 Å². The van der Waals surface area contributed by atoms with E-state index in [4.69, 9.17) is 4.79 Å². The first-order chi connectivity index (χ1) is 14.2. The van der Waals surface area contributed by atoms with Crippen LogP contribution >= 0.6 is 12.4 Å². The number of carbonyl (C=O) groups excluding carboxylic acids is 1. The van der Waals surface area contributed by atoms with Gasteiger partial charge in [0.25, 0.3) is 0 Å². The van der Waals surface area contributed by atoms with Crippen LogP contribution in [0.4, 0.5) is 5.69 Å². The van der Waals surface area contributed by atoms with E-state index in [1.54, 1.807) is 7.05 Å². The molecule has 0 fully saturated rings. The zero-order chi connectivity index (χ0) is 21.6. The van der Waals surface area contributed by atoms with Gasteiger partial charge in [0.15, 0.2) is 0 Å². The van der Waals surface area contributed by atoms with Crippen LogP contribution in [0.15, 0.2) is 24.3 Å². The first-order valence-electron chi connectivity index (χ1n) is 12.0. The van der Waals surface area contributed by atoms with Crippen molar-refractivity contribution in [3.8, 4) is 0 Å². The Morgan fingerprint density at radius 3 is 1.57 bits per heavy atom. The molecule has 0 saturated heterocycles. The summed E-state index contributed by atoms with van der Waals surface area (Å²) in [6.07, 6.45) is 21.9. The molecule has 1 aromatic rings. The molecule has 0 radical (unpaired) electrons. The van der Waals surface area contributed by atoms with Crippen LogP contribution in [-0.4, -0.2) is 27.6 Å². The van der Waals surface area contributed by atoms with Crippen molar-refractivity contribution in [2.45, 2.75) is 103 Å². The van der Waals surface area contributed by atoms with E-state index in [1.165, 1.54) is 108 Å². The number of rotatable bonds is 17. The van der Waals surface area contributed by atoms with Gasteiger partial charge in [-0.2, -0.15) is 0 Å². The molecular formula is C26H49ClN2O. The molecule has 0 unspecified atom stereocenters. The standard InChI is InChI=1S/C24H43N.C2H5NO.ClH/c1-4-5-6-7-8-9-10-11-12-13-14-15-16-17-20-23-21-18-19-22-24(23)25(2)3;1-3-2-4;/h18-19,21-22H,4-17,20H2,1-3H3;2H,1H3,(H,3,4);1H. The summed E-state index contributed by atoms with van der Waals surface area (Å²) in [7, 11) is 5.85. The number of unbranched alkanes of at least 4 members (excludes halogenated alkanes) is 13. The lowest BCUT2D eigenvalue weighted by molar-refractivity contribution is -0.109. The Labute approximate surface area is 193 Å². The average molecular weight is 441 g/mol. The molecule has 1 rings (SSSR count). The largest absolute Gasteiger partial charge is 0.377 e. The number of benzene rings is 1. The highest BCUT2D eigenvalue weighted by molar-refractivity contribution is 5.85. The van der Waals surface area contributed by atoms with Gasteiger partial charge in [-0.3, -0.25) is 4.79 Å². The summed E-state index contributed by atoms with van der Waals surface area (Å²) < 4.78 is 0. The van der Waals surface area contributed by atoms with Gasteiger partial charge in [0.1, 0.15) is 0 Å². The molecule has 0 heterocycles. The van der Waals surface area contributed by atoms with Crippen LogP contribution < -0.4 is 10.2 Å². The smallest absolute Gasteiger partial charge is 0.206 e. The van der Waals surface area contributed by atoms with Crippen LogP contribution in [-0.2, 0) is 11.2 Å². The van der Waals surface area contributed by atoms with Crippen molar-refractivity contribution in [1.82, 2.24) is 5.32 Å². The van der Waals surface area contributed by atoms with Gasteiger partial charge in [-0.15, -0.1) is 12.4 Å². The van der Waals surface area contributed by atoms with Gasteiger partial charge in [-0.1, -0.05) is 109 Å². The molecule has 0 aliphatic rings. The molecule has 1 N–H and O–H groups in total. The highest BCUT2D eigenvalue weighted by atomic mass is 35.5. The zero-order valence-corrected chi connectivity index (χ0v) is 21.1. The van der Waals surface area contributed by atoms with E-state index in [1.807, 2.05) is 0 Å². The lowest BCUT2D eigenvalue weighted by Crippen LogP contribution is -2.11. The van der Waals surface area contributed by atoms with E-state index in [2.05, 4.69) is 55.5 Å². The lowest BCUT2D eigenvalue weighted by atomic mass is 10.0. The number of nitrogens with zero attached hydrogens (tertiary/aromatic N) is 1. The minimum Gasteiger partial charge on any atom is -0.377 e. The van der Waals surface area contributed by atoms with Crippen molar-refractivity contribution in [2.24, 2.45) is 0 Å². The molecule has 176 valence electrons. The second-order valence-corrected chi connectivity index (χ2v) is 8.28. The van der Waals surface area contributed by atoms with Crippen molar-refractivity contribution in [3.63, 3.8) is 0 Å². The van der Waals surface area contributed by atoms with Crippen LogP contribution in [0.3, 0.4) is 0 Å². The molecule has 1 aromatic carbocycles. The Kier molecular flexibility index (Phi) is 24.8. The fourth-order valence-corrected chi connectivity index (χ4v) is 3.67. The minimum absolute atomic E-state index is 0. The molecule has 0 spiro atoms. The van der Waals surface area contributed by atoms with Crippen LogP contribution in [0, 0.1) is 0 Å². The summed E-state index contributed by atoms with van der Waals surface area (Å²) in [5, 5.41) is 2.25. The van der Waals surface area contributed by atoms with E-state index in [0.29, 0.717) is 6.41 Å². The Balaban J connectivity index is 0. The molecule has 4 heteroatoms. The van der Waals surface area contributed by atoms with Crippen molar-refractivity contribution < 1.29 is 4.79 Å². The predicted octanol–water partition coefficient (Wildman–Crippen LogP) is 7.56. The van der Waals surface area contributed by atoms with Gasteiger partial charge in [0, 0.05) is 26.8 Å². The number of anilines is 1. The first-order valence-corrected chi connectivity index (χ1v) is 12.0. The molecule has 0 atom stereocenters. The third-order valence-corrected chi connectivity index (χ3v) is 5.39. The topological polar surface area (TPSA) is 32.3 Å². The summed E-state index contributed by atoms with van der Waals surface area (Å²) in [5.74, 6) is 0. The van der Waals surface area contributed by atoms with Gasteiger partial charge in [0.2, 0.25) is 6.41 Å². The zero-order valence-electron chi connectivity index (χ0n) is 20.3. The SMILES string of the molecule is CCCCCCCCCCCCCCCCc1ccccc1N(C)C.CNC=O.Cl. The highest BCUT2D eigenvalue weighted by Crippen LogP contribution is 2.20. The molecule has 1 amide bonds. The molecule has 0 aliphatic heterocycles. The summed E-state index contributed by atoms with van der Waals surface area (Å²) in [5.41, 5.74) is 2.89. The number of para-hydroxylation sites is 1. The number of carbonyl (C=O) groups is 1. The maximum absolute atomic E-state index is 9.06. The van der Waals surface area contributed by atoms with Gasteiger partial charge in [-0.05, 0) is 24.5 Å². The van der Waals surface area contributed by atoms with Gasteiger partial charge in [0.05, 0.1) is 0 Å². The Morgan fingerprint density at radius 1 is 0.767 bits per heavy atom. The van der Waals surface area contributed by atoms with E-state index in [0.717, 1.165) is 0 Å². The second-order valence-electron chi connectivity index (χ2n) is 8.28. The summed E-state index contributed by atoms with van der Waals surface area (Å²) >= 11 is 0. The second kappa shape index (κ2) is 24.1. The minimum atomic E-state index is 0. The normalized spacial score (nSPS) is 9.87. The van der Waals surface area contributed by atoms with Gasteiger partial charge < -0.3 is 10.2 Å². The number of nitrogens with one attached hydrogen (secondary N) is 1. The van der Waals surface area contributed by atoms with E-state index in [9.17, 15) is 0 Å². The van der Waals surface area contributed by atoms with Crippen LogP contribution in [0.2, 0.25) is 0 Å². The molecule has 30 heavy (non-hydrogen) atoms. The fraction of sp³-hybridized carbons (Fsp3) is 0.731. The molecule has 0 saturated carbocycles. The van der Waals surface area contributed by atoms with E-state index >= 15 is 0 Å². The summed E-state index contributed by atoms with van der Waals surface area (Å²) in [6.45, 7) is 2.29. The van der Waals surface area contributed by atoms with Crippen molar-refractivity contribution in [1.29, 1.82) is 0 Å². The van der Waals surface area contributed by atoms with Gasteiger partial charge in [-0.25, -0.2) is 0 Å². The Bertz CT molecular complexity index is 480. The van der Waals surface area contributed by atoms with Crippen molar-refractivity contribution >= 4 is 24.5 Å². The third-order valence-electron chi connectivity index (χ3n) is 5.39. The number of amides is 1. The lowest BCUT2D eigenvalue weighted by Gasteiger charge is -2.17. The van der Waals surface area contributed by atoms with E-state index < -0.39 is 0 Å². The Morgan fingerprint density at radius 2 is 1.17 bits per heavy atom. The number of hydrogen-bond acceptors (Lipinski definition) is 2. The molecule has 0 aromatic heterocycles. The predicted molar refractivity (Wildman–Crippen MR) is 137 cm³/mol. The van der Waals surface area contributed by atoms with Crippen LogP contribution in [0.1, 0.15) is 102 Å². The molecule has 3 nitrogen and oxygen atoms in total. The van der Waals surface area contributed by atoms with Crippen LogP contribution in [0.5, 0.6) is 0 Å². The number of halogens is 1. The summed E-state index contributed by atoms with van der Waals surface area (Å²) in [4.78, 5) is 11.3. The highest BCUT2D eigenvalue weighted by Gasteiger charge is 2.03. The maximum atomic E-state index is 9.06. The maximum Gasteiger partial charge on any atom is 0.206 e. The monoisotopic (exact) mass is 440 g/mol. The Hall–Kier alpha value is -1.22.